The third-order valence-corrected chi connectivity index (χ3v) is 6.69. The number of hydrogen-bond acceptors (Lipinski definition) is 3. The molecule has 4 rings (SSSR count). The highest BCUT2D eigenvalue weighted by atomic mass is 35.5. The molecule has 1 fully saturated rings. The van der Waals surface area contributed by atoms with Crippen LogP contribution in [0.25, 0.3) is 5.57 Å². The molecule has 1 saturated carbocycles. The summed E-state index contributed by atoms with van der Waals surface area (Å²) in [6.45, 7) is 3.13. The lowest BCUT2D eigenvalue weighted by Crippen LogP contribution is -2.43. The first-order chi connectivity index (χ1) is 15.0. The number of carbonyl (C=O) groups excluding carboxylic acids is 2. The average Bonchev–Trinajstić information content (AvgIpc) is 3.03. The van der Waals surface area contributed by atoms with E-state index in [2.05, 4.69) is 0 Å². The van der Waals surface area contributed by atoms with E-state index < -0.39 is 0 Å². The van der Waals surface area contributed by atoms with Crippen LogP contribution < -0.4 is 0 Å². The number of imide groups is 1. The van der Waals surface area contributed by atoms with E-state index in [-0.39, 0.29) is 17.9 Å². The topological polar surface area (TPSA) is 40.6 Å². The molecule has 1 aliphatic heterocycles. The van der Waals surface area contributed by atoms with Crippen LogP contribution in [0.4, 0.5) is 0 Å². The first kappa shape index (κ1) is 21.9. The highest BCUT2D eigenvalue weighted by molar-refractivity contribution is 6.41. The molecule has 0 spiro atoms. The van der Waals surface area contributed by atoms with Gasteiger partial charge in [0.1, 0.15) is 5.70 Å². The van der Waals surface area contributed by atoms with Gasteiger partial charge in [0.15, 0.2) is 0 Å². The lowest BCUT2D eigenvalue weighted by molar-refractivity contribution is -0.141. The van der Waals surface area contributed by atoms with Gasteiger partial charge < -0.3 is 4.90 Å². The Balaban J connectivity index is 1.80. The molecule has 2 amide bonds. The second-order valence-electron chi connectivity index (χ2n) is 8.12. The van der Waals surface area contributed by atoms with Crippen LogP contribution >= 0.6 is 23.2 Å². The average molecular weight is 457 g/mol. The van der Waals surface area contributed by atoms with Crippen molar-refractivity contribution in [1.29, 1.82) is 0 Å². The number of hydrogen-bond donors (Lipinski definition) is 0. The van der Waals surface area contributed by atoms with E-state index in [1.165, 1.54) is 4.90 Å². The fourth-order valence-electron chi connectivity index (χ4n) is 4.59. The van der Waals surface area contributed by atoms with Crippen LogP contribution in [0, 0.1) is 0 Å². The SMILES string of the molecule is CCN(Cc1ccccc1)C1=C(c2ccc(Cl)cc2Cl)C(=O)N(C2CCCCC2)C1=O. The second kappa shape index (κ2) is 9.46. The molecule has 2 aromatic carbocycles. The zero-order valence-corrected chi connectivity index (χ0v) is 19.1. The van der Waals surface area contributed by atoms with Crippen molar-refractivity contribution in [3.63, 3.8) is 0 Å². The van der Waals surface area contributed by atoms with Crippen LogP contribution in [0.3, 0.4) is 0 Å². The summed E-state index contributed by atoms with van der Waals surface area (Å²) in [5.74, 6) is -0.460. The number of nitrogens with zero attached hydrogens (tertiary/aromatic N) is 2. The molecular weight excluding hydrogens is 431 g/mol. The summed E-state index contributed by atoms with van der Waals surface area (Å²) >= 11 is 12.6. The van der Waals surface area contributed by atoms with Crippen molar-refractivity contribution >= 4 is 40.6 Å². The summed E-state index contributed by atoms with van der Waals surface area (Å²) in [4.78, 5) is 30.8. The molecule has 0 unspecified atom stereocenters. The molecule has 31 heavy (non-hydrogen) atoms. The van der Waals surface area contributed by atoms with Crippen molar-refractivity contribution in [2.75, 3.05) is 6.54 Å². The van der Waals surface area contributed by atoms with Crippen molar-refractivity contribution in [2.24, 2.45) is 0 Å². The van der Waals surface area contributed by atoms with Crippen molar-refractivity contribution < 1.29 is 9.59 Å². The molecule has 0 atom stereocenters. The smallest absolute Gasteiger partial charge is 0.278 e. The summed E-state index contributed by atoms with van der Waals surface area (Å²) in [7, 11) is 0. The molecule has 0 bridgehead atoms. The fourth-order valence-corrected chi connectivity index (χ4v) is 5.09. The Bertz CT molecular complexity index is 1010. The van der Waals surface area contributed by atoms with Gasteiger partial charge in [0.2, 0.25) is 0 Å². The molecule has 0 aromatic heterocycles. The van der Waals surface area contributed by atoms with Crippen LogP contribution in [0.15, 0.2) is 54.2 Å². The largest absolute Gasteiger partial charge is 0.362 e. The van der Waals surface area contributed by atoms with Crippen LogP contribution in [0.5, 0.6) is 0 Å². The van der Waals surface area contributed by atoms with Gasteiger partial charge in [-0.1, -0.05) is 78.9 Å². The van der Waals surface area contributed by atoms with Crippen molar-refractivity contribution in [1.82, 2.24) is 9.80 Å². The number of benzene rings is 2. The standard InChI is InChI=1S/C25H26Cl2N2O2/c1-2-28(16-17-9-5-3-6-10-17)23-22(20-14-13-18(26)15-21(20)27)24(30)29(25(23)31)19-11-7-4-8-12-19/h3,5-6,9-10,13-15,19H,2,4,7-8,11-12,16H2,1H3. The van der Waals surface area contributed by atoms with Crippen molar-refractivity contribution in [3.8, 4) is 0 Å². The predicted molar refractivity (Wildman–Crippen MR) is 125 cm³/mol. The Morgan fingerprint density at radius 3 is 2.32 bits per heavy atom. The summed E-state index contributed by atoms with van der Waals surface area (Å²) < 4.78 is 0. The van der Waals surface area contributed by atoms with E-state index in [1.54, 1.807) is 18.2 Å². The maximum atomic E-state index is 13.7. The minimum Gasteiger partial charge on any atom is -0.362 e. The molecule has 162 valence electrons. The van der Waals surface area contributed by atoms with Crippen molar-refractivity contribution in [2.45, 2.75) is 51.6 Å². The molecule has 1 aliphatic carbocycles. The Kier molecular flexibility index (Phi) is 6.68. The first-order valence-corrected chi connectivity index (χ1v) is 11.6. The molecule has 4 nitrogen and oxygen atoms in total. The van der Waals surface area contributed by atoms with Gasteiger partial charge in [-0.05, 0) is 37.5 Å². The van der Waals surface area contributed by atoms with Gasteiger partial charge in [-0.2, -0.15) is 0 Å². The summed E-state index contributed by atoms with van der Waals surface area (Å²) in [5.41, 5.74) is 2.46. The van der Waals surface area contributed by atoms with E-state index in [0.29, 0.717) is 40.0 Å². The van der Waals surface area contributed by atoms with Gasteiger partial charge in [0.25, 0.3) is 11.8 Å². The van der Waals surface area contributed by atoms with Gasteiger partial charge in [-0.3, -0.25) is 14.5 Å². The second-order valence-corrected chi connectivity index (χ2v) is 8.96. The molecular formula is C25H26Cl2N2O2. The van der Waals surface area contributed by atoms with E-state index in [1.807, 2.05) is 42.2 Å². The minimum atomic E-state index is -0.248. The fraction of sp³-hybridized carbons (Fsp3) is 0.360. The van der Waals surface area contributed by atoms with Gasteiger partial charge in [0, 0.05) is 29.7 Å². The van der Waals surface area contributed by atoms with E-state index >= 15 is 0 Å². The quantitative estimate of drug-likeness (QED) is 0.505. The number of amides is 2. The zero-order valence-electron chi connectivity index (χ0n) is 17.6. The lowest BCUT2D eigenvalue weighted by atomic mass is 9.94. The molecule has 2 aliphatic rings. The van der Waals surface area contributed by atoms with Gasteiger partial charge in [-0.15, -0.1) is 0 Å². The molecule has 0 saturated heterocycles. The van der Waals surface area contributed by atoms with Crippen LogP contribution in [0.2, 0.25) is 10.0 Å². The first-order valence-electron chi connectivity index (χ1n) is 10.9. The molecule has 2 aromatic rings. The Hall–Kier alpha value is -2.30. The maximum Gasteiger partial charge on any atom is 0.278 e. The number of likely N-dealkylation sites (N-methyl/N-ethyl adjacent to an activating group) is 1. The van der Waals surface area contributed by atoms with Crippen LogP contribution in [0.1, 0.15) is 50.2 Å². The molecule has 0 N–H and O–H groups in total. The summed E-state index contributed by atoms with van der Waals surface area (Å²) in [6.07, 6.45) is 4.94. The summed E-state index contributed by atoms with van der Waals surface area (Å²) in [6, 6.07) is 15.0. The minimum absolute atomic E-state index is 0.0530. The summed E-state index contributed by atoms with van der Waals surface area (Å²) in [5, 5.41) is 0.871. The van der Waals surface area contributed by atoms with E-state index in [9.17, 15) is 9.59 Å². The van der Waals surface area contributed by atoms with Gasteiger partial charge in [-0.25, -0.2) is 0 Å². The lowest BCUT2D eigenvalue weighted by Gasteiger charge is -2.31. The Labute approximate surface area is 193 Å². The monoisotopic (exact) mass is 456 g/mol. The van der Waals surface area contributed by atoms with Crippen molar-refractivity contribution in [3.05, 3.63) is 75.4 Å². The zero-order chi connectivity index (χ0) is 22.0. The third kappa shape index (κ3) is 4.37. The molecule has 0 radical (unpaired) electrons. The molecule has 6 heteroatoms. The predicted octanol–water partition coefficient (Wildman–Crippen LogP) is 5.93. The number of halogens is 2. The Morgan fingerprint density at radius 1 is 0.968 bits per heavy atom. The van der Waals surface area contributed by atoms with E-state index in [4.69, 9.17) is 23.2 Å². The number of rotatable bonds is 6. The van der Waals surface area contributed by atoms with E-state index in [0.717, 1.165) is 37.7 Å². The Morgan fingerprint density at radius 2 is 1.68 bits per heavy atom. The number of carbonyl (C=O) groups is 2. The molecule has 1 heterocycles. The highest BCUT2D eigenvalue weighted by Crippen LogP contribution is 2.39. The van der Waals surface area contributed by atoms with Gasteiger partial charge in [0.05, 0.1) is 10.6 Å². The van der Waals surface area contributed by atoms with Gasteiger partial charge >= 0.3 is 0 Å². The van der Waals surface area contributed by atoms with Crippen LogP contribution in [-0.4, -0.2) is 34.2 Å². The van der Waals surface area contributed by atoms with Crippen LogP contribution in [-0.2, 0) is 16.1 Å². The maximum absolute atomic E-state index is 13.7. The third-order valence-electron chi connectivity index (χ3n) is 6.15. The normalized spacial score (nSPS) is 17.6. The highest BCUT2D eigenvalue weighted by Gasteiger charge is 2.45.